The average molecular weight is 243 g/mol. The summed E-state index contributed by atoms with van der Waals surface area (Å²) in [6.45, 7) is 4.04. The van der Waals surface area contributed by atoms with Crippen LogP contribution in [-0.2, 0) is 23.6 Å². The van der Waals surface area contributed by atoms with Gasteiger partial charge in [0.05, 0.1) is 0 Å². The van der Waals surface area contributed by atoms with Crippen molar-refractivity contribution in [2.45, 2.75) is 20.0 Å². The fraction of sp³-hybridized carbons (Fsp3) is 1.00. The first-order valence-electron chi connectivity index (χ1n) is 1.56. The Labute approximate surface area is 44.1 Å². The van der Waals surface area contributed by atoms with Crippen LogP contribution in [0.3, 0.4) is 0 Å². The van der Waals surface area contributed by atoms with Crippen LogP contribution in [0.1, 0.15) is 13.8 Å². The van der Waals surface area contributed by atoms with Gasteiger partial charge in [0, 0.05) is 0 Å². The van der Waals surface area contributed by atoms with E-state index in [0.29, 0.717) is 6.10 Å². The first-order chi connectivity index (χ1) is 2.27. The van der Waals surface area contributed by atoms with Crippen molar-refractivity contribution < 1.29 is 23.6 Å². The van der Waals surface area contributed by atoms with E-state index >= 15 is 0 Å². The molecule has 0 saturated heterocycles. The molecule has 0 aliphatic carbocycles. The molecule has 0 fully saturated rings. The zero-order valence-corrected chi connectivity index (χ0v) is 6.33. The third kappa shape index (κ3) is 4.65. The van der Waals surface area contributed by atoms with Gasteiger partial charge in [-0.15, -0.1) is 0 Å². The molecule has 0 aromatic heterocycles. The van der Waals surface area contributed by atoms with Gasteiger partial charge in [0.25, 0.3) is 0 Å². The maximum absolute atomic E-state index is 4.83. The zero-order valence-electron chi connectivity index (χ0n) is 3.39. The van der Waals surface area contributed by atoms with Crippen LogP contribution in [0, 0.1) is 0 Å². The second-order valence-electron chi connectivity index (χ2n) is 1.14. The first kappa shape index (κ1) is 5.65. The van der Waals surface area contributed by atoms with Crippen LogP contribution in [0.5, 0.6) is 0 Å². The fourth-order valence-corrected chi connectivity index (χ4v) is 0. The Hall–Kier alpha value is 0.648. The van der Waals surface area contributed by atoms with Crippen LogP contribution in [0.2, 0.25) is 0 Å². The van der Waals surface area contributed by atoms with Crippen LogP contribution in [0.25, 0.3) is 0 Å². The van der Waals surface area contributed by atoms with E-state index in [1.165, 1.54) is 20.2 Å². The van der Waals surface area contributed by atoms with E-state index in [1.54, 1.807) is 0 Å². The molecule has 2 heteroatoms. The Morgan fingerprint density at radius 1 is 1.60 bits per heavy atom. The van der Waals surface area contributed by atoms with Crippen molar-refractivity contribution in [3.63, 3.8) is 0 Å². The van der Waals surface area contributed by atoms with Gasteiger partial charge in [-0.2, -0.15) is 0 Å². The van der Waals surface area contributed by atoms with Crippen molar-refractivity contribution >= 4 is 0 Å². The number of hydrogen-bond acceptors (Lipinski definition) is 1. The predicted octanol–water partition coefficient (Wildman–Crippen LogP) is 0.873. The second-order valence-corrected chi connectivity index (χ2v) is 1.84. The maximum atomic E-state index is 4.83. The number of rotatable bonds is 1. The van der Waals surface area contributed by atoms with E-state index in [0.717, 1.165) is 0 Å². The number of hydrogen-bond donors (Lipinski definition) is 0. The molecule has 31 valence electrons. The first-order valence-corrected chi connectivity index (χ1v) is 2.75. The van der Waals surface area contributed by atoms with Crippen LogP contribution in [0.4, 0.5) is 0 Å². The quantitative estimate of drug-likeness (QED) is 0.664. The van der Waals surface area contributed by atoms with E-state index in [2.05, 4.69) is 0 Å². The van der Waals surface area contributed by atoms with Crippen molar-refractivity contribution in [1.29, 1.82) is 0 Å². The Morgan fingerprint density at radius 3 is 1.80 bits per heavy atom. The molecule has 0 radical (unpaired) electrons. The summed E-state index contributed by atoms with van der Waals surface area (Å²) in [4.78, 5) is 0. The Morgan fingerprint density at radius 2 is 1.80 bits per heavy atom. The molecule has 0 aromatic carbocycles. The van der Waals surface area contributed by atoms with Gasteiger partial charge >= 0.3 is 43.5 Å². The van der Waals surface area contributed by atoms with Crippen molar-refractivity contribution in [2.24, 2.45) is 0 Å². The molecule has 0 heterocycles. The fourth-order valence-electron chi connectivity index (χ4n) is 0. The van der Waals surface area contributed by atoms with Gasteiger partial charge in [0.1, 0.15) is 0 Å². The molecular weight excluding hydrogens is 236 g/mol. The van der Waals surface area contributed by atoms with Gasteiger partial charge in [-0.3, -0.25) is 0 Å². The molecule has 0 N–H and O–H groups in total. The van der Waals surface area contributed by atoms with Gasteiger partial charge in [0.15, 0.2) is 0 Å². The summed E-state index contributed by atoms with van der Waals surface area (Å²) >= 11 is 1.20. The molecule has 0 spiro atoms. The second kappa shape index (κ2) is 2.86. The summed E-state index contributed by atoms with van der Waals surface area (Å²) < 4.78 is 4.83. The molecule has 0 saturated carbocycles. The van der Waals surface area contributed by atoms with Crippen LogP contribution in [-0.4, -0.2) is 6.10 Å². The van der Waals surface area contributed by atoms with Gasteiger partial charge < -0.3 is 0 Å². The summed E-state index contributed by atoms with van der Waals surface area (Å²) in [7, 11) is 0. The third-order valence-corrected chi connectivity index (χ3v) is 1.58. The van der Waals surface area contributed by atoms with Crippen molar-refractivity contribution in [2.75, 3.05) is 0 Å². The normalized spacial score (nSPS) is 9.40. The zero-order chi connectivity index (χ0) is 4.28. The van der Waals surface area contributed by atoms with Gasteiger partial charge in [-0.05, 0) is 0 Å². The third-order valence-electron chi connectivity index (χ3n) is 0.192. The molecule has 0 unspecified atom stereocenters. The summed E-state index contributed by atoms with van der Waals surface area (Å²) in [5.41, 5.74) is 0. The minimum atomic E-state index is 0.421. The molecule has 0 rings (SSSR count). The summed E-state index contributed by atoms with van der Waals surface area (Å²) in [5, 5.41) is 0. The SMILES string of the molecule is CC(C)[O][W]. The summed E-state index contributed by atoms with van der Waals surface area (Å²) in [5.74, 6) is 0. The van der Waals surface area contributed by atoms with E-state index in [-0.39, 0.29) is 0 Å². The molecule has 0 bridgehead atoms. The van der Waals surface area contributed by atoms with Gasteiger partial charge in [0.2, 0.25) is 0 Å². The average Bonchev–Trinajstić information content (AvgIpc) is 1.38. The van der Waals surface area contributed by atoms with Gasteiger partial charge in [-0.1, -0.05) is 0 Å². The molecule has 0 aliphatic rings. The van der Waals surface area contributed by atoms with Crippen LogP contribution < -0.4 is 0 Å². The van der Waals surface area contributed by atoms with E-state index < -0.39 is 0 Å². The Balaban J connectivity index is 2.54. The molecule has 0 amide bonds. The molecule has 0 aromatic rings. The topological polar surface area (TPSA) is 9.23 Å². The van der Waals surface area contributed by atoms with Gasteiger partial charge in [-0.25, -0.2) is 0 Å². The predicted molar refractivity (Wildman–Crippen MR) is 16.2 cm³/mol. The molecule has 5 heavy (non-hydrogen) atoms. The Bertz CT molecular complexity index is 20.9. The van der Waals surface area contributed by atoms with E-state index in [4.69, 9.17) is 3.39 Å². The van der Waals surface area contributed by atoms with Crippen molar-refractivity contribution in [3.05, 3.63) is 0 Å². The van der Waals surface area contributed by atoms with Crippen LogP contribution >= 0.6 is 0 Å². The summed E-state index contributed by atoms with van der Waals surface area (Å²) in [6.07, 6.45) is 0.421. The van der Waals surface area contributed by atoms with E-state index in [1.807, 2.05) is 13.8 Å². The minimum absolute atomic E-state index is 0.421. The van der Waals surface area contributed by atoms with E-state index in [9.17, 15) is 0 Å². The van der Waals surface area contributed by atoms with Crippen molar-refractivity contribution in [3.8, 4) is 0 Å². The summed E-state index contributed by atoms with van der Waals surface area (Å²) in [6, 6.07) is 0. The van der Waals surface area contributed by atoms with Crippen LogP contribution in [0.15, 0.2) is 0 Å². The van der Waals surface area contributed by atoms with Crippen molar-refractivity contribution in [1.82, 2.24) is 0 Å². The Kier molecular flexibility index (Phi) is 3.23. The monoisotopic (exact) mass is 243 g/mol. The molecular formula is C3H7OW. The molecule has 1 nitrogen and oxygen atoms in total. The molecule has 0 atom stereocenters. The standard InChI is InChI=1S/C3H7O.W/c1-3(2)4;/h3H,1-2H3;/q-1;+1. The molecule has 0 aliphatic heterocycles.